The minimum absolute atomic E-state index is 0.0155. The van der Waals surface area contributed by atoms with Gasteiger partial charge in [-0.2, -0.15) is 0 Å². The van der Waals surface area contributed by atoms with Gasteiger partial charge >= 0.3 is 18.2 Å². The van der Waals surface area contributed by atoms with E-state index in [4.69, 9.17) is 43.5 Å². The summed E-state index contributed by atoms with van der Waals surface area (Å²) in [6, 6.07) is 10.5. The first-order valence-electron chi connectivity index (χ1n) is 36.4. The van der Waals surface area contributed by atoms with E-state index in [0.29, 0.717) is 58.7 Å². The van der Waals surface area contributed by atoms with E-state index in [9.17, 15) is 60.3 Å². The van der Waals surface area contributed by atoms with Gasteiger partial charge in [0.1, 0.15) is 81.7 Å². The Balaban J connectivity index is 0.000000210. The zero-order chi connectivity index (χ0) is 78.6. The number of primary sulfonamides is 1. The number of aromatic nitrogens is 2. The predicted molar refractivity (Wildman–Crippen MR) is 397 cm³/mol. The maximum atomic E-state index is 14.6. The third kappa shape index (κ3) is 19.5. The van der Waals surface area contributed by atoms with Crippen molar-refractivity contribution >= 4 is 89.5 Å². The Kier molecular flexibility index (Phi) is 22.9. The number of likely N-dealkylation sites (tertiary alicyclic amines) is 2. The summed E-state index contributed by atoms with van der Waals surface area (Å²) in [6.07, 6.45) is 7.23. The monoisotopic (exact) mass is 1520 g/mol. The SMILES string of the molecule is C=C[C@@H]1C[C@]1(NC(=O)[C@@H]1C[C@@H](Oc2cc(C3CC3)nc3cc(OC)ccc23)CN1C(=O)[C@@H](NC(=O)OC(C)(C)C)C(C)(C)C)C(=O)NS(=O)(=O)C1CC1.C=C[C@@H]1C[C@]1(NC(=O)[C@@H]1C[C@@H](Oc2cc(C3CC3)nc3cc(OC)ccc23)CN1C(=O)[C@@H](NC(=O)OC(C)(C)C)C(C)(C)C)C(=O)O.NS(=O)(=O)C1CC1. The number of pyridine rings is 2. The van der Waals surface area contributed by atoms with Crippen molar-refractivity contribution in [1.82, 2.24) is 45.8 Å². The molecule has 2 aromatic heterocycles. The number of hydrogen-bond donors (Lipinski definition) is 7. The Morgan fingerprint density at radius 3 is 1.27 bits per heavy atom. The van der Waals surface area contributed by atoms with E-state index in [-0.39, 0.29) is 44.0 Å². The van der Waals surface area contributed by atoms with Gasteiger partial charge in [0.25, 0.3) is 5.91 Å². The number of benzene rings is 2. The van der Waals surface area contributed by atoms with Gasteiger partial charge in [0.2, 0.25) is 43.7 Å². The first-order valence-corrected chi connectivity index (χ1v) is 39.6. The lowest BCUT2D eigenvalue weighted by atomic mass is 9.85. The molecule has 8 fully saturated rings. The van der Waals surface area contributed by atoms with E-state index < -0.39 is 154 Å². The zero-order valence-corrected chi connectivity index (χ0v) is 65.1. The van der Waals surface area contributed by atoms with Crippen molar-refractivity contribution in [2.75, 3.05) is 27.3 Å². The Labute approximate surface area is 625 Å². The molecule has 6 aliphatic carbocycles. The van der Waals surface area contributed by atoms with E-state index in [1.807, 2.05) is 48.5 Å². The Morgan fingerprint density at radius 1 is 0.579 bits per heavy atom. The molecule has 584 valence electrons. The number of fused-ring (bicyclic) bond motifs is 2. The number of amides is 7. The molecule has 107 heavy (non-hydrogen) atoms. The first kappa shape index (κ1) is 80.7. The zero-order valence-electron chi connectivity index (χ0n) is 63.5. The summed E-state index contributed by atoms with van der Waals surface area (Å²) >= 11 is 0. The quantitative estimate of drug-likeness (QED) is 0.0345. The van der Waals surface area contributed by atoms with E-state index in [1.165, 1.54) is 22.0 Å². The average Bonchev–Trinajstić information content (AvgIpc) is 1.57. The molecule has 2 aliphatic heterocycles. The number of methoxy groups -OCH3 is 2. The minimum atomic E-state index is -3.90. The third-order valence-corrected chi connectivity index (χ3v) is 23.3. The molecule has 0 unspecified atom stereocenters. The van der Waals surface area contributed by atoms with Gasteiger partial charge in [0, 0.05) is 82.9 Å². The number of carbonyl (C=O) groups excluding carboxylic acids is 7. The molecule has 31 heteroatoms. The number of nitrogens with zero attached hydrogens (tertiary/aromatic N) is 4. The number of aliphatic carboxylic acids is 1. The van der Waals surface area contributed by atoms with Crippen LogP contribution in [0.5, 0.6) is 23.0 Å². The number of carboxylic acid groups (broad SMARTS) is 1. The molecule has 8 N–H and O–H groups in total. The summed E-state index contributed by atoms with van der Waals surface area (Å²) in [6.45, 7) is 28.6. The number of sulfonamides is 2. The van der Waals surface area contributed by atoms with Gasteiger partial charge < -0.3 is 64.6 Å². The van der Waals surface area contributed by atoms with Crippen LogP contribution < -0.4 is 50.1 Å². The normalized spacial score (nSPS) is 24.6. The van der Waals surface area contributed by atoms with Gasteiger partial charge in [0.15, 0.2) is 0 Å². The fraction of sp³-hybridized carbons (Fsp3) is 0.605. The highest BCUT2D eigenvalue weighted by molar-refractivity contribution is 7.91. The van der Waals surface area contributed by atoms with Crippen LogP contribution in [0.3, 0.4) is 0 Å². The molecule has 2 aromatic carbocycles. The van der Waals surface area contributed by atoms with Crippen LogP contribution in [0, 0.1) is 22.7 Å². The highest BCUT2D eigenvalue weighted by Gasteiger charge is 2.63. The van der Waals surface area contributed by atoms with Gasteiger partial charge in [-0.25, -0.2) is 36.4 Å². The lowest BCUT2D eigenvalue weighted by Crippen LogP contribution is -2.60. The first-order chi connectivity index (χ1) is 49.8. The van der Waals surface area contributed by atoms with E-state index >= 15 is 0 Å². The number of carboxylic acids is 1. The van der Waals surface area contributed by atoms with Crippen molar-refractivity contribution in [2.24, 2.45) is 27.8 Å². The van der Waals surface area contributed by atoms with Gasteiger partial charge in [-0.1, -0.05) is 53.7 Å². The molecule has 7 amide bonds. The Morgan fingerprint density at radius 2 is 0.963 bits per heavy atom. The third-order valence-electron chi connectivity index (χ3n) is 20.1. The van der Waals surface area contributed by atoms with Crippen molar-refractivity contribution in [1.29, 1.82) is 0 Å². The maximum absolute atomic E-state index is 14.6. The number of carbonyl (C=O) groups is 8. The molecule has 8 aliphatic rings. The highest BCUT2D eigenvalue weighted by Crippen LogP contribution is 2.48. The van der Waals surface area contributed by atoms with E-state index in [2.05, 4.69) is 39.1 Å². The van der Waals surface area contributed by atoms with Crippen LogP contribution in [-0.2, 0) is 58.3 Å². The fourth-order valence-electron chi connectivity index (χ4n) is 13.3. The van der Waals surface area contributed by atoms with E-state index in [1.54, 1.807) is 97.3 Å². The largest absolute Gasteiger partial charge is 0.497 e. The van der Waals surface area contributed by atoms with Crippen molar-refractivity contribution < 1.29 is 88.7 Å². The highest BCUT2D eigenvalue weighted by atomic mass is 32.2. The van der Waals surface area contributed by atoms with Crippen molar-refractivity contribution in [3.05, 3.63) is 85.2 Å². The predicted octanol–water partition coefficient (Wildman–Crippen LogP) is 8.07. The van der Waals surface area contributed by atoms with Crippen LogP contribution in [-0.4, -0.2) is 186 Å². The molecule has 29 nitrogen and oxygen atoms in total. The second-order valence-corrected chi connectivity index (χ2v) is 37.3. The number of alkyl carbamates (subject to hydrolysis) is 2. The fourth-order valence-corrected chi connectivity index (χ4v) is 15.5. The Hall–Kier alpha value is -8.84. The van der Waals surface area contributed by atoms with Crippen molar-refractivity contribution in [3.8, 4) is 23.0 Å². The summed E-state index contributed by atoms with van der Waals surface area (Å²) in [7, 11) is -3.85. The molecule has 4 heterocycles. The molecule has 10 atom stereocenters. The van der Waals surface area contributed by atoms with Crippen LogP contribution in [0.2, 0.25) is 0 Å². The molecular weight excluding hydrogens is 1420 g/mol. The van der Waals surface area contributed by atoms with Crippen molar-refractivity contribution in [3.63, 3.8) is 0 Å². The second kappa shape index (κ2) is 30.3. The molecular formula is C76H104N10O19S2. The number of hydrogen-bond acceptors (Lipinski definition) is 20. The molecule has 0 radical (unpaired) electrons. The Bertz CT molecular complexity index is 4400. The van der Waals surface area contributed by atoms with Gasteiger partial charge in [0.05, 0.1) is 48.8 Å². The van der Waals surface area contributed by atoms with Gasteiger partial charge in [-0.05, 0) is 141 Å². The summed E-state index contributed by atoms with van der Waals surface area (Å²) in [5.74, 6) is -2.17. The maximum Gasteiger partial charge on any atom is 0.408 e. The number of rotatable bonds is 23. The smallest absolute Gasteiger partial charge is 0.408 e. The van der Waals surface area contributed by atoms with Crippen LogP contribution in [0.4, 0.5) is 9.59 Å². The topological polar surface area (TPSA) is 399 Å². The second-order valence-electron chi connectivity index (χ2n) is 33.5. The molecule has 4 aromatic rings. The molecule has 6 saturated carbocycles. The van der Waals surface area contributed by atoms with Crippen LogP contribution in [0.1, 0.15) is 183 Å². The lowest BCUT2D eigenvalue weighted by Gasteiger charge is -2.36. The number of nitrogens with one attached hydrogen (secondary N) is 5. The standard InChI is InChI=1S/C38H51N5O9S.C35H46N4O8.C3H7NO2S/c1-9-22-19-38(22,34(46)42-53(48,49)25-13-14-25)41-32(44)29-17-24(20-43(29)33(45)31(36(2,3)4)40-35(47)52-37(5,6)7)51-30-18-27(21-10-11-21)39-28-16-23(50-8)12-15-26(28)30;1-9-20-17-35(20,31(42)43)38-29(40)26-15-22(18-39(26)30(41)28(33(2,3)4)37-32(44)47-34(5,6)7)46-27-16-24(19-10-11-19)36-25-14-21(45-8)12-13-23(25)27;4-7(5,6)3-1-2-3/h9,12,15-16,18,21-22,24-25,29,31H,1,10-11,13-14,17,19-20H2,2-8H3,(H,40,47)(H,41,44)(H,42,46);9,12-14,16,19-20,22,26,28H,1,10-11,15,17-18H2,2-8H3,(H,37,44)(H,38,40)(H,42,43);3H,1-2H2,(H2,4,5,6)/t22-,24-,29+,31-,38-;20-,22-,26+,28-,35-;/m11./s1. The van der Waals surface area contributed by atoms with Gasteiger partial charge in [-0.3, -0.25) is 38.7 Å². The molecule has 0 spiro atoms. The summed E-state index contributed by atoms with van der Waals surface area (Å²) in [5, 5.41) is 26.3. The summed E-state index contributed by atoms with van der Waals surface area (Å²) in [4.78, 5) is 121. The number of ether oxygens (including phenoxy) is 6. The lowest BCUT2D eigenvalue weighted by molar-refractivity contribution is -0.146. The van der Waals surface area contributed by atoms with Gasteiger partial charge in [-0.15, -0.1) is 13.2 Å². The van der Waals surface area contributed by atoms with Crippen LogP contribution in [0.15, 0.2) is 73.8 Å². The molecule has 2 saturated heterocycles. The van der Waals surface area contributed by atoms with Crippen LogP contribution in [0.25, 0.3) is 21.8 Å². The summed E-state index contributed by atoms with van der Waals surface area (Å²) < 4.78 is 83.0. The molecule has 12 rings (SSSR count). The minimum Gasteiger partial charge on any atom is -0.497 e. The summed E-state index contributed by atoms with van der Waals surface area (Å²) in [5.41, 5.74) is -3.03. The number of nitrogens with two attached hydrogens (primary N) is 1. The average molecular weight is 1530 g/mol. The van der Waals surface area contributed by atoms with Crippen LogP contribution >= 0.6 is 0 Å². The van der Waals surface area contributed by atoms with E-state index in [0.717, 1.165) is 60.7 Å². The van der Waals surface area contributed by atoms with Crippen molar-refractivity contribution in [2.45, 2.75) is 241 Å². The molecule has 0 bridgehead atoms.